The summed E-state index contributed by atoms with van der Waals surface area (Å²) in [5, 5.41) is 16.9. The number of likely N-dealkylation sites (tertiary alicyclic amines) is 1. The zero-order chi connectivity index (χ0) is 43.2. The van der Waals surface area contributed by atoms with Crippen LogP contribution < -0.4 is 29.7 Å². The minimum atomic E-state index is -0.972. The van der Waals surface area contributed by atoms with Crippen molar-refractivity contribution in [1.82, 2.24) is 25.0 Å². The fourth-order valence-corrected chi connectivity index (χ4v) is 10.1. The van der Waals surface area contributed by atoms with Crippen LogP contribution in [-0.2, 0) is 9.59 Å². The summed E-state index contributed by atoms with van der Waals surface area (Å²) >= 11 is 12.8. The van der Waals surface area contributed by atoms with E-state index in [4.69, 9.17) is 37.4 Å². The lowest BCUT2D eigenvalue weighted by Gasteiger charge is -2.58. The smallest absolute Gasteiger partial charge is 0.262 e. The minimum absolute atomic E-state index is 0.0928. The lowest BCUT2D eigenvalue weighted by atomic mass is 9.84. The van der Waals surface area contributed by atoms with Crippen molar-refractivity contribution in [3.05, 3.63) is 75.4 Å². The Balaban J connectivity index is 0.745. The van der Waals surface area contributed by atoms with Crippen LogP contribution in [0.2, 0.25) is 10.0 Å². The molecule has 62 heavy (non-hydrogen) atoms. The number of halogens is 2. The van der Waals surface area contributed by atoms with Crippen LogP contribution in [-0.4, -0.2) is 122 Å². The highest BCUT2D eigenvalue weighted by molar-refractivity contribution is 6.37. The maximum atomic E-state index is 13.4. The second-order valence-corrected chi connectivity index (χ2v) is 17.4. The number of nitrogens with zero attached hydrogens (tertiary/aromatic N) is 6. The van der Waals surface area contributed by atoms with Gasteiger partial charge in [-0.3, -0.25) is 39.3 Å². The van der Waals surface area contributed by atoms with Gasteiger partial charge in [0.1, 0.15) is 17.9 Å². The summed E-state index contributed by atoms with van der Waals surface area (Å²) in [4.78, 5) is 63.8. The van der Waals surface area contributed by atoms with Crippen LogP contribution in [0.15, 0.2) is 48.7 Å². The molecule has 6 aliphatic rings. The summed E-state index contributed by atoms with van der Waals surface area (Å²) in [6, 6.07) is 14.4. The van der Waals surface area contributed by atoms with Gasteiger partial charge in [0.25, 0.3) is 11.8 Å². The largest absolute Gasteiger partial charge is 0.495 e. The molecule has 1 aromatic heterocycles. The molecule has 0 spiro atoms. The maximum absolute atomic E-state index is 13.4. The summed E-state index contributed by atoms with van der Waals surface area (Å²) in [5.41, 5.74) is 3.53. The number of fused-ring (bicyclic) bond motifs is 4. The number of aromatic nitrogens is 1. The number of piperazine rings is 1. The summed E-state index contributed by atoms with van der Waals surface area (Å²) in [5.74, 6) is 0.216. The zero-order valence-corrected chi connectivity index (χ0v) is 35.9. The number of carbonyl (C=O) groups excluding carboxylic acids is 4. The number of anilines is 3. The zero-order valence-electron chi connectivity index (χ0n) is 34.4. The van der Waals surface area contributed by atoms with Crippen molar-refractivity contribution in [2.45, 2.75) is 56.7 Å². The van der Waals surface area contributed by atoms with E-state index in [2.05, 4.69) is 36.4 Å². The Morgan fingerprint density at radius 3 is 2.39 bits per heavy atom. The molecule has 3 atom stereocenters. The predicted octanol–water partition coefficient (Wildman–Crippen LogP) is 6.02. The Morgan fingerprint density at radius 1 is 0.903 bits per heavy atom. The number of rotatable bonds is 13. The van der Waals surface area contributed by atoms with E-state index in [1.54, 1.807) is 31.4 Å². The molecule has 0 aliphatic carbocycles. The van der Waals surface area contributed by atoms with E-state index in [0.29, 0.717) is 90.9 Å². The number of carbonyl (C=O) groups is 4. The standard InChI is InChI=1S/C45H46Cl2N8O7/c1-60-38-19-36(33(46)17-34(38)47)50-42-26(20-48)21-49-35-18-40(39(61-2)16-32(35)42)62-13-3-10-52-11-8-25(9-12-52)22-54-28-14-29(54)24-53(23-28)27-4-5-30-31(15-27)45(59)55(44(30)58)37-6-7-41(56)51-43(37)57/h4-5,15-19,21,25,28-29,37H,3,6-14,22-24H2,1-2H3,(H,49,50)(H,51,56,57). The Hall–Kier alpha value is -5.66. The van der Waals surface area contributed by atoms with Gasteiger partial charge >= 0.3 is 0 Å². The molecule has 2 N–H and O–H groups in total. The minimum Gasteiger partial charge on any atom is -0.495 e. The molecule has 4 aromatic rings. The molecule has 3 unspecified atom stereocenters. The molecule has 7 heterocycles. The third-order valence-corrected chi connectivity index (χ3v) is 13.6. The van der Waals surface area contributed by atoms with E-state index in [9.17, 15) is 24.4 Å². The highest BCUT2D eigenvalue weighted by atomic mass is 35.5. The van der Waals surface area contributed by atoms with E-state index in [1.165, 1.54) is 13.3 Å². The van der Waals surface area contributed by atoms with Crippen LogP contribution in [0, 0.1) is 17.2 Å². The topological polar surface area (TPSA) is 170 Å². The van der Waals surface area contributed by atoms with Gasteiger partial charge in [-0.2, -0.15) is 5.26 Å². The number of methoxy groups -OCH3 is 2. The van der Waals surface area contributed by atoms with Crippen LogP contribution >= 0.6 is 23.2 Å². The van der Waals surface area contributed by atoms with Crippen molar-refractivity contribution < 1.29 is 33.4 Å². The third kappa shape index (κ3) is 7.85. The highest BCUT2D eigenvalue weighted by Crippen LogP contribution is 2.42. The number of imide groups is 2. The lowest BCUT2D eigenvalue weighted by Crippen LogP contribution is -2.69. The molecule has 17 heteroatoms. The van der Waals surface area contributed by atoms with E-state index in [-0.39, 0.29) is 12.8 Å². The highest BCUT2D eigenvalue weighted by Gasteiger charge is 2.47. The summed E-state index contributed by atoms with van der Waals surface area (Å²) < 4.78 is 17.4. The summed E-state index contributed by atoms with van der Waals surface area (Å²) in [6.45, 7) is 6.32. The number of benzene rings is 3. The van der Waals surface area contributed by atoms with Gasteiger partial charge in [-0.25, -0.2) is 0 Å². The van der Waals surface area contributed by atoms with Crippen molar-refractivity contribution in [3.63, 3.8) is 0 Å². The van der Waals surface area contributed by atoms with Crippen LogP contribution in [0.3, 0.4) is 0 Å². The van der Waals surface area contributed by atoms with E-state index < -0.39 is 29.7 Å². The van der Waals surface area contributed by atoms with Gasteiger partial charge in [0.15, 0.2) is 11.5 Å². The average molecular weight is 882 g/mol. The van der Waals surface area contributed by atoms with Crippen molar-refractivity contribution in [1.29, 1.82) is 5.26 Å². The Labute approximate surface area is 368 Å². The molecule has 3 aromatic carbocycles. The normalized spacial score (nSPS) is 21.7. The predicted molar refractivity (Wildman–Crippen MR) is 233 cm³/mol. The van der Waals surface area contributed by atoms with Crippen molar-refractivity contribution in [3.8, 4) is 23.3 Å². The first-order valence-corrected chi connectivity index (χ1v) is 21.7. The molecule has 0 radical (unpaired) electrons. The molecule has 15 nitrogen and oxygen atoms in total. The number of hydrogen-bond acceptors (Lipinski definition) is 13. The molecule has 4 amide bonds. The van der Waals surface area contributed by atoms with Gasteiger partial charge in [-0.1, -0.05) is 23.2 Å². The molecule has 322 valence electrons. The maximum Gasteiger partial charge on any atom is 0.262 e. The summed E-state index contributed by atoms with van der Waals surface area (Å²) in [7, 11) is 3.10. The second-order valence-electron chi connectivity index (χ2n) is 16.6. The Bertz CT molecular complexity index is 2510. The van der Waals surface area contributed by atoms with Crippen molar-refractivity contribution in [2.75, 3.05) is 70.3 Å². The van der Waals surface area contributed by atoms with Gasteiger partial charge < -0.3 is 29.3 Å². The molecule has 2 bridgehead atoms. The monoisotopic (exact) mass is 880 g/mol. The van der Waals surface area contributed by atoms with Crippen LogP contribution in [0.5, 0.6) is 17.2 Å². The molecule has 6 aliphatic heterocycles. The number of hydrogen-bond donors (Lipinski definition) is 2. The van der Waals surface area contributed by atoms with Crippen molar-refractivity contribution in [2.24, 2.45) is 5.92 Å². The number of ether oxygens (including phenoxy) is 3. The van der Waals surface area contributed by atoms with Crippen molar-refractivity contribution >= 4 is 74.8 Å². The number of pyridine rings is 1. The number of piperidine rings is 3. The first-order chi connectivity index (χ1) is 30.0. The van der Waals surface area contributed by atoms with E-state index in [1.807, 2.05) is 18.2 Å². The fraction of sp³-hybridized carbons (Fsp3) is 0.422. The number of nitriles is 1. The van der Waals surface area contributed by atoms with Crippen LogP contribution in [0.25, 0.3) is 10.9 Å². The molecule has 5 saturated heterocycles. The summed E-state index contributed by atoms with van der Waals surface area (Å²) in [6.07, 6.45) is 6.04. The number of nitrogens with one attached hydrogen (secondary N) is 2. The van der Waals surface area contributed by atoms with Crippen LogP contribution in [0.4, 0.5) is 17.1 Å². The first kappa shape index (κ1) is 41.7. The molecule has 10 rings (SSSR count). The average Bonchev–Trinajstić information content (AvgIpc) is 3.52. The van der Waals surface area contributed by atoms with Gasteiger partial charge in [0, 0.05) is 74.1 Å². The lowest BCUT2D eigenvalue weighted by molar-refractivity contribution is -0.136. The molecular formula is C45H46Cl2N8O7. The van der Waals surface area contributed by atoms with Gasteiger partial charge in [0.05, 0.1) is 64.5 Å². The third-order valence-electron chi connectivity index (χ3n) is 13.0. The van der Waals surface area contributed by atoms with Crippen LogP contribution in [0.1, 0.15) is 64.8 Å². The van der Waals surface area contributed by atoms with E-state index in [0.717, 1.165) is 75.5 Å². The molecular weight excluding hydrogens is 835 g/mol. The van der Waals surface area contributed by atoms with E-state index >= 15 is 0 Å². The Kier molecular flexibility index (Phi) is 11.6. The molecule has 5 fully saturated rings. The molecule has 0 saturated carbocycles. The van der Waals surface area contributed by atoms with Gasteiger partial charge in [-0.05, 0) is 81.4 Å². The second kappa shape index (κ2) is 17.2. The fourth-order valence-electron chi connectivity index (χ4n) is 9.62. The SMILES string of the molecule is COc1cc(Nc2c(C#N)cnc3cc(OCCCN4CCC(CN5C6CC5CN(c5ccc7c(c5)C(=O)N(C5CCC(=O)NC5=O)C7=O)C6)CC4)c(OC)cc23)c(Cl)cc1Cl. The van der Waals surface area contributed by atoms with Gasteiger partial charge in [0.2, 0.25) is 11.8 Å². The first-order valence-electron chi connectivity index (χ1n) is 21.0. The Morgan fingerprint density at radius 2 is 1.66 bits per heavy atom. The quantitative estimate of drug-likeness (QED) is 0.118. The van der Waals surface area contributed by atoms with Gasteiger partial charge in [-0.15, -0.1) is 0 Å². The number of amides is 4.